The highest BCUT2D eigenvalue weighted by Gasteiger charge is 2.28. The highest BCUT2D eigenvalue weighted by Crippen LogP contribution is 2.24. The average molecular weight is 387 g/mol. The molecule has 0 unspecified atom stereocenters. The second-order valence-corrected chi connectivity index (χ2v) is 8.40. The third kappa shape index (κ3) is 4.59. The molecule has 2 aliphatic heterocycles. The van der Waals surface area contributed by atoms with Crippen LogP contribution in [0.3, 0.4) is 0 Å². The SMILES string of the molecule is Cc1cccc(N2CCN(C(=O)NC3CCN(C(=O)C(C)C)CC3)CC2)c1C. The summed E-state index contributed by atoms with van der Waals surface area (Å²) in [6, 6.07) is 6.62. The lowest BCUT2D eigenvalue weighted by atomic mass is 10.0. The van der Waals surface area contributed by atoms with E-state index in [4.69, 9.17) is 0 Å². The number of piperazine rings is 1. The van der Waals surface area contributed by atoms with Gasteiger partial charge in [-0.3, -0.25) is 4.79 Å². The van der Waals surface area contributed by atoms with Gasteiger partial charge in [0.1, 0.15) is 0 Å². The van der Waals surface area contributed by atoms with E-state index in [1.165, 1.54) is 16.8 Å². The predicted octanol–water partition coefficient (Wildman–Crippen LogP) is 2.78. The van der Waals surface area contributed by atoms with Crippen LogP contribution in [-0.2, 0) is 4.79 Å². The van der Waals surface area contributed by atoms with Crippen LogP contribution in [0, 0.1) is 19.8 Å². The Morgan fingerprint density at radius 1 is 0.964 bits per heavy atom. The Morgan fingerprint density at radius 2 is 1.61 bits per heavy atom. The van der Waals surface area contributed by atoms with Crippen molar-refractivity contribution in [3.8, 4) is 0 Å². The van der Waals surface area contributed by atoms with E-state index in [-0.39, 0.29) is 23.9 Å². The first-order chi connectivity index (χ1) is 13.4. The van der Waals surface area contributed by atoms with Gasteiger partial charge in [-0.25, -0.2) is 4.79 Å². The van der Waals surface area contributed by atoms with Crippen LogP contribution >= 0.6 is 0 Å². The van der Waals surface area contributed by atoms with Crippen molar-refractivity contribution in [3.05, 3.63) is 29.3 Å². The molecule has 2 saturated heterocycles. The van der Waals surface area contributed by atoms with Gasteiger partial charge in [0.05, 0.1) is 0 Å². The molecule has 3 amide bonds. The summed E-state index contributed by atoms with van der Waals surface area (Å²) in [6.07, 6.45) is 1.68. The van der Waals surface area contributed by atoms with E-state index in [9.17, 15) is 9.59 Å². The van der Waals surface area contributed by atoms with Gasteiger partial charge < -0.3 is 20.0 Å². The molecule has 154 valence electrons. The van der Waals surface area contributed by atoms with Crippen molar-refractivity contribution in [2.45, 2.75) is 46.6 Å². The molecule has 0 saturated carbocycles. The second-order valence-electron chi connectivity index (χ2n) is 8.40. The highest BCUT2D eigenvalue weighted by molar-refractivity contribution is 5.78. The summed E-state index contributed by atoms with van der Waals surface area (Å²) in [5.41, 5.74) is 3.91. The molecular formula is C22H34N4O2. The highest BCUT2D eigenvalue weighted by atomic mass is 16.2. The van der Waals surface area contributed by atoms with Gasteiger partial charge in [-0.15, -0.1) is 0 Å². The Hall–Kier alpha value is -2.24. The molecule has 0 radical (unpaired) electrons. The molecule has 0 aliphatic carbocycles. The van der Waals surface area contributed by atoms with Crippen molar-refractivity contribution in [2.75, 3.05) is 44.2 Å². The Kier molecular flexibility index (Phi) is 6.47. The van der Waals surface area contributed by atoms with Crippen LogP contribution in [0.1, 0.15) is 37.8 Å². The van der Waals surface area contributed by atoms with Gasteiger partial charge in [0.15, 0.2) is 0 Å². The van der Waals surface area contributed by atoms with E-state index < -0.39 is 0 Å². The smallest absolute Gasteiger partial charge is 0.317 e. The van der Waals surface area contributed by atoms with E-state index >= 15 is 0 Å². The number of carbonyl (C=O) groups is 2. The number of piperidine rings is 1. The lowest BCUT2D eigenvalue weighted by Crippen LogP contribution is -2.55. The van der Waals surface area contributed by atoms with Gasteiger partial charge in [0, 0.05) is 56.9 Å². The Balaban J connectivity index is 1.46. The number of nitrogens with zero attached hydrogens (tertiary/aromatic N) is 3. The van der Waals surface area contributed by atoms with Gasteiger partial charge >= 0.3 is 6.03 Å². The zero-order valence-corrected chi connectivity index (χ0v) is 17.7. The molecule has 6 heteroatoms. The zero-order chi connectivity index (χ0) is 20.3. The Morgan fingerprint density at radius 3 is 2.21 bits per heavy atom. The third-order valence-electron chi connectivity index (χ3n) is 6.11. The number of urea groups is 1. The molecule has 0 bridgehead atoms. The minimum Gasteiger partial charge on any atom is -0.368 e. The molecule has 2 fully saturated rings. The second kappa shape index (κ2) is 8.84. The summed E-state index contributed by atoms with van der Waals surface area (Å²) in [5, 5.41) is 3.18. The molecule has 28 heavy (non-hydrogen) atoms. The molecular weight excluding hydrogens is 352 g/mol. The van der Waals surface area contributed by atoms with E-state index in [1.54, 1.807) is 0 Å². The molecule has 1 N–H and O–H groups in total. The molecule has 0 spiro atoms. The van der Waals surface area contributed by atoms with Gasteiger partial charge in [-0.05, 0) is 43.9 Å². The maximum absolute atomic E-state index is 12.7. The lowest BCUT2D eigenvalue weighted by Gasteiger charge is -2.38. The van der Waals surface area contributed by atoms with Crippen molar-refractivity contribution in [1.29, 1.82) is 0 Å². The zero-order valence-electron chi connectivity index (χ0n) is 17.7. The number of rotatable bonds is 3. The van der Waals surface area contributed by atoms with Gasteiger partial charge in [-0.2, -0.15) is 0 Å². The van der Waals surface area contributed by atoms with Crippen LogP contribution in [0.2, 0.25) is 0 Å². The predicted molar refractivity (Wildman–Crippen MR) is 113 cm³/mol. The summed E-state index contributed by atoms with van der Waals surface area (Å²) in [5.74, 6) is 0.256. The monoisotopic (exact) mass is 386 g/mol. The van der Waals surface area contributed by atoms with Gasteiger partial charge in [0.25, 0.3) is 0 Å². The van der Waals surface area contributed by atoms with E-state index in [0.717, 1.165) is 52.1 Å². The number of likely N-dealkylation sites (tertiary alicyclic amines) is 1. The number of aryl methyl sites for hydroxylation is 1. The van der Waals surface area contributed by atoms with Crippen molar-refractivity contribution in [1.82, 2.24) is 15.1 Å². The first-order valence-electron chi connectivity index (χ1n) is 10.5. The van der Waals surface area contributed by atoms with Crippen molar-refractivity contribution >= 4 is 17.6 Å². The number of amides is 3. The quantitative estimate of drug-likeness (QED) is 0.869. The largest absolute Gasteiger partial charge is 0.368 e. The normalized spacial score (nSPS) is 18.5. The van der Waals surface area contributed by atoms with Gasteiger partial charge in [-0.1, -0.05) is 26.0 Å². The molecule has 2 aliphatic rings. The maximum Gasteiger partial charge on any atom is 0.317 e. The van der Waals surface area contributed by atoms with Crippen LogP contribution < -0.4 is 10.2 Å². The summed E-state index contributed by atoms with van der Waals surface area (Å²) in [7, 11) is 0. The van der Waals surface area contributed by atoms with E-state index in [0.29, 0.717) is 0 Å². The molecule has 1 aromatic rings. The van der Waals surface area contributed by atoms with Gasteiger partial charge in [0.2, 0.25) is 5.91 Å². The number of hydrogen-bond acceptors (Lipinski definition) is 3. The minimum atomic E-state index is 0.0363. The van der Waals surface area contributed by atoms with E-state index in [1.807, 2.05) is 23.6 Å². The number of carbonyl (C=O) groups excluding carboxylic acids is 2. The fourth-order valence-electron chi connectivity index (χ4n) is 4.10. The van der Waals surface area contributed by atoms with Crippen LogP contribution in [0.4, 0.5) is 10.5 Å². The minimum absolute atomic E-state index is 0.0363. The van der Waals surface area contributed by atoms with Crippen LogP contribution in [0.25, 0.3) is 0 Å². The van der Waals surface area contributed by atoms with E-state index in [2.05, 4.69) is 42.3 Å². The van der Waals surface area contributed by atoms with Crippen LogP contribution in [0.5, 0.6) is 0 Å². The fraction of sp³-hybridized carbons (Fsp3) is 0.636. The molecule has 0 aromatic heterocycles. The molecule has 3 rings (SSSR count). The topological polar surface area (TPSA) is 55.9 Å². The standard InChI is InChI=1S/C22H34N4O2/c1-16(2)21(27)25-10-8-19(9-11-25)23-22(28)26-14-12-24(13-15-26)20-7-5-6-17(3)18(20)4/h5-7,16,19H,8-15H2,1-4H3,(H,23,28). The number of hydrogen-bond donors (Lipinski definition) is 1. The first kappa shape index (κ1) is 20.5. The van der Waals surface area contributed by atoms with Crippen molar-refractivity contribution in [3.63, 3.8) is 0 Å². The number of benzene rings is 1. The molecule has 2 heterocycles. The number of nitrogens with one attached hydrogen (secondary N) is 1. The maximum atomic E-state index is 12.7. The molecule has 6 nitrogen and oxygen atoms in total. The summed E-state index contributed by atoms with van der Waals surface area (Å²) in [4.78, 5) is 31.0. The Labute approximate surface area is 168 Å². The van der Waals surface area contributed by atoms with Crippen LogP contribution in [-0.4, -0.2) is 67.0 Å². The van der Waals surface area contributed by atoms with Crippen molar-refractivity contribution < 1.29 is 9.59 Å². The molecule has 0 atom stereocenters. The Bertz CT molecular complexity index is 702. The summed E-state index contributed by atoms with van der Waals surface area (Å²) >= 11 is 0. The molecule has 1 aromatic carbocycles. The van der Waals surface area contributed by atoms with Crippen molar-refractivity contribution in [2.24, 2.45) is 5.92 Å². The first-order valence-corrected chi connectivity index (χ1v) is 10.5. The summed E-state index contributed by atoms with van der Waals surface area (Å²) in [6.45, 7) is 12.9. The summed E-state index contributed by atoms with van der Waals surface area (Å²) < 4.78 is 0. The third-order valence-corrected chi connectivity index (χ3v) is 6.11. The average Bonchev–Trinajstić information content (AvgIpc) is 2.70. The number of anilines is 1. The fourth-order valence-corrected chi connectivity index (χ4v) is 4.10. The van der Waals surface area contributed by atoms with Crippen LogP contribution in [0.15, 0.2) is 18.2 Å². The lowest BCUT2D eigenvalue weighted by molar-refractivity contribution is -0.135.